The molecule has 24 heavy (non-hydrogen) atoms. The molecule has 0 fully saturated rings. The van der Waals surface area contributed by atoms with Gasteiger partial charge in [-0.15, -0.1) is 0 Å². The van der Waals surface area contributed by atoms with Crippen LogP contribution in [0.1, 0.15) is 61.8 Å². The first kappa shape index (κ1) is 22.2. The average molecular weight is 345 g/mol. The number of nitrogens with zero attached hydrogens (tertiary/aromatic N) is 1. The maximum atomic E-state index is 12.4. The Morgan fingerprint density at radius 2 is 1.29 bits per heavy atom. The van der Waals surface area contributed by atoms with E-state index in [9.17, 15) is 14.4 Å². The highest BCUT2D eigenvalue weighted by Crippen LogP contribution is 2.17. The van der Waals surface area contributed by atoms with Crippen molar-refractivity contribution < 1.29 is 28.6 Å². The minimum absolute atomic E-state index is 0.154. The number of ether oxygens (including phenoxy) is 3. The first-order chi connectivity index (χ1) is 10.8. The van der Waals surface area contributed by atoms with Crippen LogP contribution < -0.4 is 0 Å². The second-order valence-electron chi connectivity index (χ2n) is 7.43. The summed E-state index contributed by atoms with van der Waals surface area (Å²) < 4.78 is 15.5. The van der Waals surface area contributed by atoms with Gasteiger partial charge in [0, 0.05) is 6.54 Å². The van der Waals surface area contributed by atoms with Crippen LogP contribution in [0.25, 0.3) is 0 Å². The third-order valence-electron chi connectivity index (χ3n) is 2.74. The summed E-state index contributed by atoms with van der Waals surface area (Å²) in [5, 5.41) is 0. The van der Waals surface area contributed by atoms with Crippen LogP contribution in [0.2, 0.25) is 0 Å². The van der Waals surface area contributed by atoms with E-state index in [1.165, 1.54) is 0 Å². The highest BCUT2D eigenvalue weighted by Gasteiger charge is 2.34. The van der Waals surface area contributed by atoms with Gasteiger partial charge in [0.1, 0.15) is 11.2 Å². The molecule has 7 nitrogen and oxygen atoms in total. The standard InChI is InChI=1S/C17H31NO6/c1-9-12(13(19)22-10-2)11-18(14(20)23-16(3,4)5)15(21)24-17(6,7)8/h12H,9-11H2,1-8H3. The van der Waals surface area contributed by atoms with Crippen molar-refractivity contribution in [3.05, 3.63) is 0 Å². The first-order valence-electron chi connectivity index (χ1n) is 8.20. The van der Waals surface area contributed by atoms with Gasteiger partial charge >= 0.3 is 18.2 Å². The van der Waals surface area contributed by atoms with Gasteiger partial charge < -0.3 is 14.2 Å². The Balaban J connectivity index is 5.34. The first-order valence-corrected chi connectivity index (χ1v) is 8.20. The number of rotatable bonds is 5. The fourth-order valence-electron chi connectivity index (χ4n) is 1.71. The molecule has 0 rings (SSSR count). The molecule has 0 aromatic carbocycles. The lowest BCUT2D eigenvalue weighted by atomic mass is 10.1. The molecule has 0 aliphatic rings. The fourth-order valence-corrected chi connectivity index (χ4v) is 1.71. The van der Waals surface area contributed by atoms with E-state index in [2.05, 4.69) is 0 Å². The molecule has 0 aliphatic carbocycles. The van der Waals surface area contributed by atoms with Gasteiger partial charge in [-0.05, 0) is 54.9 Å². The highest BCUT2D eigenvalue weighted by molar-refractivity contribution is 5.89. The third kappa shape index (κ3) is 8.74. The van der Waals surface area contributed by atoms with E-state index < -0.39 is 35.3 Å². The second kappa shape index (κ2) is 8.89. The molecule has 0 heterocycles. The Labute approximate surface area is 144 Å². The maximum absolute atomic E-state index is 12.4. The summed E-state index contributed by atoms with van der Waals surface area (Å²) in [5.74, 6) is -1.10. The Bertz CT molecular complexity index is 419. The summed E-state index contributed by atoms with van der Waals surface area (Å²) in [6, 6.07) is 0. The average Bonchev–Trinajstić information content (AvgIpc) is 2.35. The molecule has 1 unspecified atom stereocenters. The summed E-state index contributed by atoms with van der Waals surface area (Å²) in [6.07, 6.45) is -1.28. The van der Waals surface area contributed by atoms with Crippen LogP contribution in [0.15, 0.2) is 0 Å². The van der Waals surface area contributed by atoms with E-state index in [0.717, 1.165) is 4.90 Å². The third-order valence-corrected chi connectivity index (χ3v) is 2.74. The highest BCUT2D eigenvalue weighted by atomic mass is 16.6. The quantitative estimate of drug-likeness (QED) is 0.557. The summed E-state index contributed by atoms with van der Waals surface area (Å²) >= 11 is 0. The van der Waals surface area contributed by atoms with E-state index in [4.69, 9.17) is 14.2 Å². The number of carbonyl (C=O) groups excluding carboxylic acids is 3. The van der Waals surface area contributed by atoms with Crippen molar-refractivity contribution >= 4 is 18.2 Å². The molecule has 0 saturated carbocycles. The van der Waals surface area contributed by atoms with E-state index in [-0.39, 0.29) is 13.2 Å². The molecule has 0 saturated heterocycles. The molecule has 0 aromatic rings. The summed E-state index contributed by atoms with van der Waals surface area (Å²) in [5.41, 5.74) is -1.55. The predicted molar refractivity (Wildman–Crippen MR) is 89.6 cm³/mol. The molecule has 0 N–H and O–H groups in total. The fraction of sp³-hybridized carbons (Fsp3) is 0.824. The van der Waals surface area contributed by atoms with E-state index in [0.29, 0.717) is 6.42 Å². The molecular weight excluding hydrogens is 314 g/mol. The van der Waals surface area contributed by atoms with Gasteiger partial charge in [0.2, 0.25) is 0 Å². The second-order valence-corrected chi connectivity index (χ2v) is 7.43. The maximum Gasteiger partial charge on any atom is 0.419 e. The van der Waals surface area contributed by atoms with Crippen molar-refractivity contribution in [1.82, 2.24) is 4.90 Å². The van der Waals surface area contributed by atoms with Gasteiger partial charge in [-0.25, -0.2) is 14.5 Å². The van der Waals surface area contributed by atoms with Gasteiger partial charge in [-0.2, -0.15) is 0 Å². The lowest BCUT2D eigenvalue weighted by molar-refractivity contribution is -0.148. The topological polar surface area (TPSA) is 82.1 Å². The SMILES string of the molecule is CCOC(=O)C(CC)CN(C(=O)OC(C)(C)C)C(=O)OC(C)(C)C. The lowest BCUT2D eigenvalue weighted by Gasteiger charge is -2.30. The van der Waals surface area contributed by atoms with Gasteiger partial charge in [-0.1, -0.05) is 6.92 Å². The number of hydrogen-bond acceptors (Lipinski definition) is 6. The Morgan fingerprint density at radius 1 is 0.875 bits per heavy atom. The minimum atomic E-state index is -0.848. The van der Waals surface area contributed by atoms with Crippen molar-refractivity contribution in [3.63, 3.8) is 0 Å². The van der Waals surface area contributed by atoms with Crippen LogP contribution in [-0.4, -0.2) is 47.4 Å². The zero-order chi connectivity index (χ0) is 19.1. The molecule has 1 atom stereocenters. The number of carbonyl (C=O) groups is 3. The smallest absolute Gasteiger partial charge is 0.419 e. The van der Waals surface area contributed by atoms with Crippen molar-refractivity contribution in [1.29, 1.82) is 0 Å². The van der Waals surface area contributed by atoms with Crippen molar-refractivity contribution in [2.45, 2.75) is 73.0 Å². The Morgan fingerprint density at radius 3 is 1.58 bits per heavy atom. The van der Waals surface area contributed by atoms with E-state index in [1.54, 1.807) is 55.4 Å². The van der Waals surface area contributed by atoms with Gasteiger partial charge in [-0.3, -0.25) is 4.79 Å². The Kier molecular flexibility index (Phi) is 8.23. The number of amides is 2. The molecule has 0 aromatic heterocycles. The molecule has 0 aliphatic heterocycles. The van der Waals surface area contributed by atoms with E-state index in [1.807, 2.05) is 0 Å². The number of hydrogen-bond donors (Lipinski definition) is 0. The molecule has 0 bridgehead atoms. The minimum Gasteiger partial charge on any atom is -0.466 e. The molecular formula is C17H31NO6. The zero-order valence-electron chi connectivity index (χ0n) is 16.1. The van der Waals surface area contributed by atoms with Gasteiger partial charge in [0.25, 0.3) is 0 Å². The van der Waals surface area contributed by atoms with Crippen molar-refractivity contribution in [2.24, 2.45) is 5.92 Å². The van der Waals surface area contributed by atoms with E-state index >= 15 is 0 Å². The van der Waals surface area contributed by atoms with Crippen LogP contribution in [0.4, 0.5) is 9.59 Å². The van der Waals surface area contributed by atoms with Crippen LogP contribution in [0.5, 0.6) is 0 Å². The van der Waals surface area contributed by atoms with Crippen LogP contribution in [-0.2, 0) is 19.0 Å². The summed E-state index contributed by atoms with van der Waals surface area (Å²) in [6.45, 7) is 13.7. The number of esters is 1. The van der Waals surface area contributed by atoms with Crippen molar-refractivity contribution in [2.75, 3.05) is 13.2 Å². The zero-order valence-corrected chi connectivity index (χ0v) is 16.1. The van der Waals surface area contributed by atoms with Gasteiger partial charge in [0.05, 0.1) is 12.5 Å². The normalized spacial score (nSPS) is 13.0. The van der Waals surface area contributed by atoms with Crippen LogP contribution >= 0.6 is 0 Å². The monoisotopic (exact) mass is 345 g/mol. The summed E-state index contributed by atoms with van der Waals surface area (Å²) in [7, 11) is 0. The number of imide groups is 1. The molecule has 0 radical (unpaired) electrons. The predicted octanol–water partition coefficient (Wildman–Crippen LogP) is 3.75. The molecule has 2 amide bonds. The Hall–Kier alpha value is -1.79. The molecule has 140 valence electrons. The van der Waals surface area contributed by atoms with Gasteiger partial charge in [0.15, 0.2) is 0 Å². The molecule has 0 spiro atoms. The molecule has 7 heteroatoms. The van der Waals surface area contributed by atoms with Crippen molar-refractivity contribution in [3.8, 4) is 0 Å². The van der Waals surface area contributed by atoms with Crippen LogP contribution in [0.3, 0.4) is 0 Å². The van der Waals surface area contributed by atoms with Crippen LogP contribution in [0, 0.1) is 5.92 Å². The lowest BCUT2D eigenvalue weighted by Crippen LogP contribution is -2.46. The summed E-state index contributed by atoms with van der Waals surface area (Å²) in [4.78, 5) is 37.5. The largest absolute Gasteiger partial charge is 0.466 e.